The molecule has 4 aromatic heterocycles. The van der Waals surface area contributed by atoms with Crippen LogP contribution in [-0.2, 0) is 27.3 Å². The van der Waals surface area contributed by atoms with Gasteiger partial charge in [-0.25, -0.2) is 43.1 Å². The summed E-state index contributed by atoms with van der Waals surface area (Å²) in [6.07, 6.45) is 9.06. The zero-order chi connectivity index (χ0) is 59.0. The second kappa shape index (κ2) is 26.6. The first-order valence-electron chi connectivity index (χ1n) is 28.5. The highest BCUT2D eigenvalue weighted by Crippen LogP contribution is 2.30. The lowest BCUT2D eigenvalue weighted by molar-refractivity contribution is -0.0642. The Hall–Kier alpha value is -7.83. The maximum absolute atomic E-state index is 15.1. The number of likely N-dealkylation sites (tertiary alicyclic amines) is 3. The van der Waals surface area contributed by atoms with Gasteiger partial charge in [0.2, 0.25) is 11.9 Å². The molecule has 6 aromatic rings. The lowest BCUT2D eigenvalue weighted by Crippen LogP contribution is -2.58. The SMILES string of the molecule is Cc1cc(-c2ccnc(Nc3cnn([C@H]4CCN(C(=O)OC(C)(C)C)C[C@@H]4F)c3)n2)ccc1CNC(=O)N1CC(OC(C)C)C1.Cc1cc(-c2ccnc(Nc3cnn([C@H]4CCNC[C@@H]4F)c3)n2)ccc1CNC(=O)N1CC(OC(C)C)C1. The molecular formula is C59H78F2N16O6. The van der Waals surface area contributed by atoms with Gasteiger partial charge in [-0.3, -0.25) is 9.36 Å². The molecule has 4 aliphatic rings. The molecule has 5 N–H and O–H groups in total. The third-order valence-electron chi connectivity index (χ3n) is 14.6. The van der Waals surface area contributed by atoms with Crippen molar-refractivity contribution in [2.75, 3.05) is 63.0 Å². The molecule has 4 fully saturated rings. The Kier molecular flexibility index (Phi) is 19.2. The molecule has 0 spiro atoms. The number of amides is 5. The first kappa shape index (κ1) is 59.8. The van der Waals surface area contributed by atoms with Gasteiger partial charge in [-0.05, 0) is 128 Å². The highest BCUT2D eigenvalue weighted by atomic mass is 19.1. The molecule has 83 heavy (non-hydrogen) atoms. The molecule has 4 saturated heterocycles. The van der Waals surface area contributed by atoms with Gasteiger partial charge < -0.3 is 55.5 Å². The molecule has 2 aromatic carbocycles. The summed E-state index contributed by atoms with van der Waals surface area (Å²) in [6.45, 7) is 22.2. The van der Waals surface area contributed by atoms with Gasteiger partial charge in [0.15, 0.2) is 0 Å². The van der Waals surface area contributed by atoms with Crippen molar-refractivity contribution in [2.45, 2.75) is 143 Å². The van der Waals surface area contributed by atoms with Crippen LogP contribution in [0.5, 0.6) is 0 Å². The predicted molar refractivity (Wildman–Crippen MR) is 311 cm³/mol. The molecule has 5 amide bonds. The monoisotopic (exact) mass is 1140 g/mol. The van der Waals surface area contributed by atoms with Gasteiger partial charge in [-0.15, -0.1) is 0 Å². The van der Waals surface area contributed by atoms with Crippen molar-refractivity contribution >= 4 is 41.4 Å². The summed E-state index contributed by atoms with van der Waals surface area (Å²) >= 11 is 0. The Morgan fingerprint density at radius 2 is 1.14 bits per heavy atom. The van der Waals surface area contributed by atoms with Crippen molar-refractivity contribution in [3.8, 4) is 22.5 Å². The van der Waals surface area contributed by atoms with Crippen LogP contribution < -0.4 is 26.6 Å². The summed E-state index contributed by atoms with van der Waals surface area (Å²) in [7, 11) is 0. The number of urea groups is 2. The van der Waals surface area contributed by atoms with Crippen molar-refractivity contribution in [3.05, 3.63) is 108 Å². The molecule has 4 atom stereocenters. The van der Waals surface area contributed by atoms with Gasteiger partial charge in [-0.2, -0.15) is 10.2 Å². The Balaban J connectivity index is 0.000000202. The Bertz CT molecular complexity index is 3170. The van der Waals surface area contributed by atoms with Crippen LogP contribution >= 0.6 is 0 Å². The molecule has 444 valence electrons. The van der Waals surface area contributed by atoms with Crippen LogP contribution in [0.4, 0.5) is 46.4 Å². The zero-order valence-electron chi connectivity index (χ0n) is 48.8. The molecule has 8 heterocycles. The van der Waals surface area contributed by atoms with Gasteiger partial charge >= 0.3 is 18.2 Å². The zero-order valence-corrected chi connectivity index (χ0v) is 48.8. The smallest absolute Gasteiger partial charge is 0.410 e. The maximum Gasteiger partial charge on any atom is 0.410 e. The Labute approximate surface area is 483 Å². The number of benzene rings is 2. The van der Waals surface area contributed by atoms with Crippen molar-refractivity contribution in [1.29, 1.82) is 0 Å². The maximum atomic E-state index is 15.1. The molecule has 22 nitrogen and oxygen atoms in total. The summed E-state index contributed by atoms with van der Waals surface area (Å²) in [5.74, 6) is 0.819. The number of aromatic nitrogens is 8. The Morgan fingerprint density at radius 3 is 1.58 bits per heavy atom. The highest BCUT2D eigenvalue weighted by molar-refractivity contribution is 5.76. The lowest BCUT2D eigenvalue weighted by Gasteiger charge is -2.39. The molecule has 0 unspecified atom stereocenters. The molecular weight excluding hydrogens is 1070 g/mol. The Morgan fingerprint density at radius 1 is 0.663 bits per heavy atom. The quantitative estimate of drug-likeness (QED) is 0.0609. The van der Waals surface area contributed by atoms with E-state index in [2.05, 4.69) is 62.8 Å². The number of nitrogens with zero attached hydrogens (tertiary/aromatic N) is 11. The van der Waals surface area contributed by atoms with Crippen molar-refractivity contribution < 1.29 is 37.4 Å². The number of carbonyl (C=O) groups excluding carboxylic acids is 3. The van der Waals surface area contributed by atoms with E-state index in [1.807, 2.05) is 84.0 Å². The number of piperidine rings is 2. The molecule has 24 heteroatoms. The minimum absolute atomic E-state index is 0.0509. The lowest BCUT2D eigenvalue weighted by atomic mass is 10.0. The average Bonchev–Trinajstić information content (AvgIpc) is 4.34. The van der Waals surface area contributed by atoms with E-state index < -0.39 is 30.1 Å². The van der Waals surface area contributed by atoms with E-state index in [1.165, 1.54) is 4.90 Å². The largest absolute Gasteiger partial charge is 0.444 e. The van der Waals surface area contributed by atoms with Crippen molar-refractivity contribution in [2.24, 2.45) is 0 Å². The third-order valence-corrected chi connectivity index (χ3v) is 14.6. The minimum Gasteiger partial charge on any atom is -0.444 e. The van der Waals surface area contributed by atoms with Crippen LogP contribution in [0.2, 0.25) is 0 Å². The van der Waals surface area contributed by atoms with E-state index in [-0.39, 0.29) is 49.1 Å². The number of anilines is 4. The standard InChI is InChI=1S/C32H43FN8O4.C27H35FN8O2/c1-20(2)44-25-17-40(18-25)30(42)35-14-23-8-7-22(13-21(23)3)27-9-11-34-29(38-27)37-24-15-36-41(16-24)28-10-12-39(19-26(28)33)31(43)45-32(4,5)6;1-17(2)38-22-15-35(16-22)27(37)31-11-20-5-4-19(10-18(20)3)24-6-9-30-26(34-24)33-21-12-32-36(14-21)25-7-8-29-13-23(25)28/h7-9,11,13,15-16,20,25-26,28H,10,12,14,17-19H2,1-6H3,(H,35,42)(H,34,37,38);4-6,9-10,12,14,17,22-23,25,29H,7-8,11,13,15-16H2,1-3H3,(H,31,37)(H,30,33,34)/t26-,28-;23-,25-/m00/s1. The fraction of sp³-hybridized carbons (Fsp3) is 0.508. The number of ether oxygens (including phenoxy) is 3. The van der Waals surface area contributed by atoms with Crippen LogP contribution in [0.1, 0.15) is 95.6 Å². The average molecular weight is 1150 g/mol. The van der Waals surface area contributed by atoms with Crippen LogP contribution in [0.3, 0.4) is 0 Å². The van der Waals surface area contributed by atoms with E-state index in [0.717, 1.165) is 51.3 Å². The number of nitrogens with one attached hydrogen (secondary N) is 5. The number of rotatable bonds is 16. The second-order valence-corrected chi connectivity index (χ2v) is 23.1. The number of hydrogen-bond acceptors (Lipinski definition) is 15. The van der Waals surface area contributed by atoms with Gasteiger partial charge in [0, 0.05) is 62.1 Å². The number of aryl methyl sites for hydroxylation is 2. The summed E-state index contributed by atoms with van der Waals surface area (Å²) in [5.41, 5.74) is 8.22. The van der Waals surface area contributed by atoms with Crippen LogP contribution in [0.25, 0.3) is 22.5 Å². The summed E-state index contributed by atoms with van der Waals surface area (Å²) in [4.78, 5) is 60.2. The van der Waals surface area contributed by atoms with Gasteiger partial charge in [-0.1, -0.05) is 24.3 Å². The number of alkyl halides is 2. The molecule has 4 aliphatic heterocycles. The molecule has 10 rings (SSSR count). The summed E-state index contributed by atoms with van der Waals surface area (Å²) in [5, 5.41) is 24.1. The third kappa shape index (κ3) is 16.0. The number of halogens is 2. The molecule has 0 saturated carbocycles. The summed E-state index contributed by atoms with van der Waals surface area (Å²) < 4.78 is 49.5. The van der Waals surface area contributed by atoms with E-state index in [9.17, 15) is 18.8 Å². The van der Waals surface area contributed by atoms with Crippen LogP contribution in [0, 0.1) is 13.8 Å². The number of carbonyl (C=O) groups is 3. The predicted octanol–water partition coefficient (Wildman–Crippen LogP) is 8.81. The number of hydrogen-bond donors (Lipinski definition) is 5. The fourth-order valence-electron chi connectivity index (χ4n) is 10.2. The van der Waals surface area contributed by atoms with E-state index in [4.69, 9.17) is 14.2 Å². The van der Waals surface area contributed by atoms with Gasteiger partial charge in [0.1, 0.15) is 17.9 Å². The van der Waals surface area contributed by atoms with Gasteiger partial charge in [0.25, 0.3) is 0 Å². The van der Waals surface area contributed by atoms with E-state index >= 15 is 4.39 Å². The van der Waals surface area contributed by atoms with Gasteiger partial charge in [0.05, 0.1) is 104 Å². The van der Waals surface area contributed by atoms with Crippen LogP contribution in [0.15, 0.2) is 85.7 Å². The molecule has 0 bridgehead atoms. The fourth-order valence-corrected chi connectivity index (χ4v) is 10.2. The normalized spacial score (nSPS) is 19.4. The van der Waals surface area contributed by atoms with Crippen LogP contribution in [-0.4, -0.2) is 167 Å². The highest BCUT2D eigenvalue weighted by Gasteiger charge is 2.36. The second-order valence-electron chi connectivity index (χ2n) is 23.1. The molecule has 0 radical (unpaired) electrons. The van der Waals surface area contributed by atoms with Crippen molar-refractivity contribution in [3.63, 3.8) is 0 Å². The first-order valence-corrected chi connectivity index (χ1v) is 28.5. The van der Waals surface area contributed by atoms with Crippen molar-refractivity contribution in [1.82, 2.24) is 70.1 Å². The molecule has 0 aliphatic carbocycles. The minimum atomic E-state index is -1.29. The summed E-state index contributed by atoms with van der Waals surface area (Å²) in [6, 6.07) is 14.8. The van der Waals surface area contributed by atoms with E-state index in [1.54, 1.807) is 77.1 Å². The van der Waals surface area contributed by atoms with E-state index in [0.29, 0.717) is 88.5 Å². The topological polar surface area (TPSA) is 236 Å². The first-order chi connectivity index (χ1) is 39.7.